The molecule has 1 aromatic carbocycles. The second-order valence-electron chi connectivity index (χ2n) is 4.61. The maximum absolute atomic E-state index is 12.8. The molecule has 0 unspecified atom stereocenters. The fourth-order valence-electron chi connectivity index (χ4n) is 1.72. The number of benzene rings is 1. The lowest BCUT2D eigenvalue weighted by Gasteiger charge is -2.16. The Morgan fingerprint density at radius 3 is 2.45 bits per heavy atom. The molecule has 0 radical (unpaired) electrons. The van der Waals surface area contributed by atoms with E-state index < -0.39 is 12.0 Å². The molecule has 1 aromatic rings. The first-order valence-electron chi connectivity index (χ1n) is 6.18. The van der Waals surface area contributed by atoms with Crippen LogP contribution in [-0.2, 0) is 20.7 Å². The van der Waals surface area contributed by atoms with Crippen molar-refractivity contribution in [1.29, 1.82) is 0 Å². The molecule has 0 bridgehead atoms. The van der Waals surface area contributed by atoms with Crippen LogP contribution in [-0.4, -0.2) is 25.0 Å². The SMILES string of the molecule is C=C(C)C[C@H](NC(=O)Cc1ccc(F)cc1)C(=O)OC. The highest BCUT2D eigenvalue weighted by Gasteiger charge is 2.21. The van der Waals surface area contributed by atoms with E-state index in [4.69, 9.17) is 0 Å². The van der Waals surface area contributed by atoms with Gasteiger partial charge in [-0.1, -0.05) is 17.7 Å². The van der Waals surface area contributed by atoms with Crippen LogP contribution in [0.4, 0.5) is 4.39 Å². The average molecular weight is 279 g/mol. The van der Waals surface area contributed by atoms with Crippen molar-refractivity contribution in [2.45, 2.75) is 25.8 Å². The number of methoxy groups -OCH3 is 1. The van der Waals surface area contributed by atoms with Gasteiger partial charge in [-0.05, 0) is 31.0 Å². The molecule has 0 aromatic heterocycles. The van der Waals surface area contributed by atoms with Crippen LogP contribution in [0.2, 0.25) is 0 Å². The Hall–Kier alpha value is -2.17. The first-order valence-corrected chi connectivity index (χ1v) is 6.18. The second kappa shape index (κ2) is 7.43. The quantitative estimate of drug-likeness (QED) is 0.640. The fourth-order valence-corrected chi connectivity index (χ4v) is 1.72. The minimum atomic E-state index is -0.745. The van der Waals surface area contributed by atoms with Crippen molar-refractivity contribution in [2.24, 2.45) is 0 Å². The molecule has 1 amide bonds. The molecule has 1 rings (SSSR count). The summed E-state index contributed by atoms with van der Waals surface area (Å²) in [5.41, 5.74) is 1.44. The van der Waals surface area contributed by atoms with Gasteiger partial charge in [0.2, 0.25) is 5.91 Å². The van der Waals surface area contributed by atoms with Gasteiger partial charge in [-0.15, -0.1) is 6.58 Å². The van der Waals surface area contributed by atoms with Crippen LogP contribution in [0.25, 0.3) is 0 Å². The average Bonchev–Trinajstić information content (AvgIpc) is 2.39. The number of rotatable bonds is 6. The number of carbonyl (C=O) groups is 2. The lowest BCUT2D eigenvalue weighted by Crippen LogP contribution is -2.42. The highest BCUT2D eigenvalue weighted by atomic mass is 19.1. The van der Waals surface area contributed by atoms with E-state index in [9.17, 15) is 14.0 Å². The Morgan fingerprint density at radius 1 is 1.35 bits per heavy atom. The molecule has 1 atom stereocenters. The van der Waals surface area contributed by atoms with Gasteiger partial charge in [0.1, 0.15) is 11.9 Å². The zero-order valence-electron chi connectivity index (χ0n) is 11.6. The standard InChI is InChI=1S/C15H18FNO3/c1-10(2)8-13(15(19)20-3)17-14(18)9-11-4-6-12(16)7-5-11/h4-7,13H,1,8-9H2,2-3H3,(H,17,18)/t13-/m0/s1. The minimum Gasteiger partial charge on any atom is -0.467 e. The summed E-state index contributed by atoms with van der Waals surface area (Å²) < 4.78 is 17.4. The molecule has 0 fully saturated rings. The smallest absolute Gasteiger partial charge is 0.328 e. The van der Waals surface area contributed by atoms with E-state index in [0.29, 0.717) is 12.0 Å². The molecular formula is C15H18FNO3. The zero-order valence-corrected chi connectivity index (χ0v) is 11.6. The van der Waals surface area contributed by atoms with E-state index in [2.05, 4.69) is 16.6 Å². The van der Waals surface area contributed by atoms with Crippen molar-refractivity contribution in [3.05, 3.63) is 47.8 Å². The molecule has 0 saturated carbocycles. The molecule has 0 spiro atoms. The summed E-state index contributed by atoms with van der Waals surface area (Å²) >= 11 is 0. The number of hydrogen-bond acceptors (Lipinski definition) is 3. The number of hydrogen-bond donors (Lipinski definition) is 1. The van der Waals surface area contributed by atoms with Gasteiger partial charge in [0.05, 0.1) is 13.5 Å². The fraction of sp³-hybridized carbons (Fsp3) is 0.333. The third kappa shape index (κ3) is 5.22. The van der Waals surface area contributed by atoms with Crippen LogP contribution in [0.3, 0.4) is 0 Å². The Bertz CT molecular complexity index is 496. The maximum Gasteiger partial charge on any atom is 0.328 e. The molecule has 0 aliphatic rings. The molecule has 0 heterocycles. The van der Waals surface area contributed by atoms with Crippen LogP contribution >= 0.6 is 0 Å². The number of nitrogens with one attached hydrogen (secondary N) is 1. The van der Waals surface area contributed by atoms with E-state index in [1.165, 1.54) is 31.4 Å². The van der Waals surface area contributed by atoms with E-state index in [-0.39, 0.29) is 18.1 Å². The molecular weight excluding hydrogens is 261 g/mol. The van der Waals surface area contributed by atoms with Gasteiger partial charge in [-0.2, -0.15) is 0 Å². The summed E-state index contributed by atoms with van der Waals surface area (Å²) in [4.78, 5) is 23.4. The Labute approximate surface area is 117 Å². The van der Waals surface area contributed by atoms with Crippen LogP contribution in [0, 0.1) is 5.82 Å². The second-order valence-corrected chi connectivity index (χ2v) is 4.61. The van der Waals surface area contributed by atoms with E-state index >= 15 is 0 Å². The van der Waals surface area contributed by atoms with Gasteiger partial charge in [0.25, 0.3) is 0 Å². The van der Waals surface area contributed by atoms with Gasteiger partial charge in [0.15, 0.2) is 0 Å². The number of amides is 1. The van der Waals surface area contributed by atoms with Crippen LogP contribution in [0.15, 0.2) is 36.4 Å². The summed E-state index contributed by atoms with van der Waals surface area (Å²) in [6.45, 7) is 5.48. The van der Waals surface area contributed by atoms with Crippen molar-refractivity contribution in [2.75, 3.05) is 7.11 Å². The first-order chi connectivity index (χ1) is 9.42. The molecule has 0 saturated heterocycles. The Morgan fingerprint density at radius 2 is 1.95 bits per heavy atom. The molecule has 1 N–H and O–H groups in total. The van der Waals surface area contributed by atoms with Crippen LogP contribution < -0.4 is 5.32 Å². The van der Waals surface area contributed by atoms with Crippen molar-refractivity contribution in [3.8, 4) is 0 Å². The molecule has 0 aliphatic heterocycles. The van der Waals surface area contributed by atoms with Crippen LogP contribution in [0.1, 0.15) is 18.9 Å². The molecule has 20 heavy (non-hydrogen) atoms. The monoisotopic (exact) mass is 279 g/mol. The molecule has 5 heteroatoms. The van der Waals surface area contributed by atoms with Crippen LogP contribution in [0.5, 0.6) is 0 Å². The van der Waals surface area contributed by atoms with Crippen molar-refractivity contribution < 1.29 is 18.7 Å². The summed E-state index contributed by atoms with van der Waals surface area (Å²) in [5, 5.41) is 2.59. The highest BCUT2D eigenvalue weighted by Crippen LogP contribution is 2.06. The number of carbonyl (C=O) groups excluding carboxylic acids is 2. The van der Waals surface area contributed by atoms with E-state index in [0.717, 1.165) is 5.57 Å². The first kappa shape index (κ1) is 15.9. The maximum atomic E-state index is 12.8. The van der Waals surface area contributed by atoms with Gasteiger partial charge in [-0.3, -0.25) is 4.79 Å². The lowest BCUT2D eigenvalue weighted by molar-refractivity contribution is -0.145. The third-order valence-corrected chi connectivity index (χ3v) is 2.65. The highest BCUT2D eigenvalue weighted by molar-refractivity contribution is 5.85. The predicted molar refractivity (Wildman–Crippen MR) is 73.5 cm³/mol. The number of halogens is 1. The number of ether oxygens (including phenoxy) is 1. The molecule has 4 nitrogen and oxygen atoms in total. The molecule has 0 aliphatic carbocycles. The summed E-state index contributed by atoms with van der Waals surface area (Å²) in [7, 11) is 1.26. The summed E-state index contributed by atoms with van der Waals surface area (Å²) in [5.74, 6) is -1.20. The lowest BCUT2D eigenvalue weighted by atomic mass is 10.1. The molecule has 108 valence electrons. The Balaban J connectivity index is 2.63. The zero-order chi connectivity index (χ0) is 15.1. The largest absolute Gasteiger partial charge is 0.467 e. The van der Waals surface area contributed by atoms with E-state index in [1.807, 2.05) is 0 Å². The minimum absolute atomic E-state index is 0.0734. The van der Waals surface area contributed by atoms with Crippen molar-refractivity contribution >= 4 is 11.9 Å². The van der Waals surface area contributed by atoms with Gasteiger partial charge in [-0.25, -0.2) is 9.18 Å². The van der Waals surface area contributed by atoms with Crippen molar-refractivity contribution in [1.82, 2.24) is 5.32 Å². The van der Waals surface area contributed by atoms with Gasteiger partial charge >= 0.3 is 5.97 Å². The Kier molecular flexibility index (Phi) is 5.90. The van der Waals surface area contributed by atoms with E-state index in [1.54, 1.807) is 6.92 Å². The van der Waals surface area contributed by atoms with Crippen molar-refractivity contribution in [3.63, 3.8) is 0 Å². The van der Waals surface area contributed by atoms with Gasteiger partial charge in [0, 0.05) is 0 Å². The number of esters is 1. The summed E-state index contributed by atoms with van der Waals surface area (Å²) in [6.07, 6.45) is 0.395. The predicted octanol–water partition coefficient (Wildman–Crippen LogP) is 1.99. The normalized spacial score (nSPS) is 11.6. The van der Waals surface area contributed by atoms with Gasteiger partial charge < -0.3 is 10.1 Å². The summed E-state index contributed by atoms with van der Waals surface area (Å²) in [6, 6.07) is 4.88. The topological polar surface area (TPSA) is 55.4 Å². The third-order valence-electron chi connectivity index (χ3n) is 2.65.